The Morgan fingerprint density at radius 3 is 2.48 bits per heavy atom. The Labute approximate surface area is 198 Å². The zero-order valence-corrected chi connectivity index (χ0v) is 20.5. The maximum absolute atomic E-state index is 13.2. The van der Waals surface area contributed by atoms with Crippen LogP contribution in [0.5, 0.6) is 0 Å². The molecular formula is C24H32N4O4S. The van der Waals surface area contributed by atoms with E-state index in [2.05, 4.69) is 15.6 Å². The number of nitrogens with zero attached hydrogens (tertiary/aromatic N) is 2. The van der Waals surface area contributed by atoms with Crippen LogP contribution in [0.3, 0.4) is 0 Å². The fraction of sp³-hybridized carbons (Fsp3) is 0.500. The monoisotopic (exact) mass is 472 g/mol. The van der Waals surface area contributed by atoms with Crippen LogP contribution in [0.1, 0.15) is 51.4 Å². The molecule has 3 N–H and O–H groups in total. The maximum Gasteiger partial charge on any atom is 0.246 e. The zero-order chi connectivity index (χ0) is 24.3. The van der Waals surface area contributed by atoms with E-state index < -0.39 is 23.6 Å². The van der Waals surface area contributed by atoms with Crippen molar-refractivity contribution in [2.24, 2.45) is 5.41 Å². The van der Waals surface area contributed by atoms with Crippen LogP contribution in [0.25, 0.3) is 10.4 Å². The van der Waals surface area contributed by atoms with Crippen molar-refractivity contribution in [2.75, 3.05) is 6.54 Å². The summed E-state index contributed by atoms with van der Waals surface area (Å²) < 4.78 is 0. The van der Waals surface area contributed by atoms with Crippen molar-refractivity contribution >= 4 is 29.6 Å². The molecular weight excluding hydrogens is 440 g/mol. The summed E-state index contributed by atoms with van der Waals surface area (Å²) in [6.07, 6.45) is -0.139. The molecule has 9 heteroatoms. The van der Waals surface area contributed by atoms with Crippen LogP contribution in [0.2, 0.25) is 0 Å². The number of likely N-dealkylation sites (tertiary alicyclic amines) is 1. The van der Waals surface area contributed by atoms with Crippen molar-refractivity contribution in [3.8, 4) is 10.4 Å². The standard InChI is InChI=1S/C24H32N4O4S/c1-14(16-6-8-17(9-7-16)20-15(2)26-13-33-20)27-22(31)19-10-18(30)11-28(19)23(32)21(25-12-29)24(3,4)5/h6-9,12-14,18-19,21,30H,10-11H2,1-5H3,(H,25,29)(H,27,31)/t14-,18+,19?,21+/m0/s1. The van der Waals surface area contributed by atoms with Gasteiger partial charge in [0.15, 0.2) is 0 Å². The van der Waals surface area contributed by atoms with Crippen LogP contribution >= 0.6 is 11.3 Å². The van der Waals surface area contributed by atoms with E-state index in [1.54, 1.807) is 11.3 Å². The number of hydrogen-bond donors (Lipinski definition) is 3. The fourth-order valence-corrected chi connectivity index (χ4v) is 4.94. The van der Waals surface area contributed by atoms with Crippen LogP contribution in [0.4, 0.5) is 0 Å². The Morgan fingerprint density at radius 1 is 1.27 bits per heavy atom. The first-order chi connectivity index (χ1) is 15.5. The van der Waals surface area contributed by atoms with Gasteiger partial charge in [0.1, 0.15) is 12.1 Å². The highest BCUT2D eigenvalue weighted by Gasteiger charge is 2.44. The van der Waals surface area contributed by atoms with Crippen LogP contribution in [-0.4, -0.2) is 57.9 Å². The van der Waals surface area contributed by atoms with Crippen molar-refractivity contribution in [1.29, 1.82) is 0 Å². The second kappa shape index (κ2) is 10.0. The zero-order valence-electron chi connectivity index (χ0n) is 19.7. The average Bonchev–Trinajstić information content (AvgIpc) is 3.36. The molecule has 1 fully saturated rings. The molecule has 0 bridgehead atoms. The lowest BCUT2D eigenvalue weighted by Crippen LogP contribution is -2.56. The van der Waals surface area contributed by atoms with Crippen molar-refractivity contribution < 1.29 is 19.5 Å². The lowest BCUT2D eigenvalue weighted by molar-refractivity contribution is -0.143. The van der Waals surface area contributed by atoms with Gasteiger partial charge in [0.2, 0.25) is 18.2 Å². The Hall–Kier alpha value is -2.78. The third-order valence-corrected chi connectivity index (χ3v) is 6.97. The number of aryl methyl sites for hydroxylation is 1. The topological polar surface area (TPSA) is 112 Å². The van der Waals surface area contributed by atoms with Gasteiger partial charge in [-0.15, -0.1) is 11.3 Å². The van der Waals surface area contributed by atoms with Crippen LogP contribution < -0.4 is 10.6 Å². The normalized spacial score (nSPS) is 20.2. The minimum atomic E-state index is -0.799. The third-order valence-electron chi connectivity index (χ3n) is 5.99. The Kier molecular flexibility index (Phi) is 7.54. The number of aromatic nitrogens is 1. The molecule has 4 atom stereocenters. The highest BCUT2D eigenvalue weighted by atomic mass is 32.1. The molecule has 3 amide bonds. The summed E-state index contributed by atoms with van der Waals surface area (Å²) in [4.78, 5) is 44.1. The van der Waals surface area contributed by atoms with Crippen LogP contribution in [0, 0.1) is 12.3 Å². The lowest BCUT2D eigenvalue weighted by Gasteiger charge is -2.34. The summed E-state index contributed by atoms with van der Waals surface area (Å²) in [5, 5.41) is 15.8. The molecule has 2 aromatic rings. The molecule has 0 spiro atoms. The summed E-state index contributed by atoms with van der Waals surface area (Å²) in [6, 6.07) is 6.07. The van der Waals surface area contributed by atoms with E-state index in [1.165, 1.54) is 4.90 Å². The van der Waals surface area contributed by atoms with Gasteiger partial charge in [-0.3, -0.25) is 14.4 Å². The predicted octanol–water partition coefficient (Wildman–Crippen LogP) is 2.42. The predicted molar refractivity (Wildman–Crippen MR) is 127 cm³/mol. The molecule has 0 aliphatic carbocycles. The highest BCUT2D eigenvalue weighted by molar-refractivity contribution is 7.13. The first kappa shape index (κ1) is 24.9. The van der Waals surface area contributed by atoms with Gasteiger partial charge in [-0.05, 0) is 30.4 Å². The summed E-state index contributed by atoms with van der Waals surface area (Å²) in [7, 11) is 0. The van der Waals surface area contributed by atoms with Crippen LogP contribution in [0.15, 0.2) is 29.8 Å². The molecule has 3 rings (SSSR count). The Bertz CT molecular complexity index is 999. The average molecular weight is 473 g/mol. The first-order valence-corrected chi connectivity index (χ1v) is 11.9. The van der Waals surface area contributed by atoms with E-state index >= 15 is 0 Å². The fourth-order valence-electron chi connectivity index (χ4n) is 4.13. The number of thiazole rings is 1. The molecule has 1 aliphatic heterocycles. The van der Waals surface area contributed by atoms with E-state index in [4.69, 9.17) is 0 Å². The molecule has 1 aliphatic rings. The second-order valence-electron chi connectivity index (χ2n) is 9.60. The van der Waals surface area contributed by atoms with Crippen molar-refractivity contribution in [1.82, 2.24) is 20.5 Å². The number of hydrogen-bond acceptors (Lipinski definition) is 6. The van der Waals surface area contributed by atoms with Crippen molar-refractivity contribution in [3.05, 3.63) is 41.0 Å². The summed E-state index contributed by atoms with van der Waals surface area (Å²) in [5.74, 6) is -0.697. The van der Waals surface area contributed by atoms with E-state index in [-0.39, 0.29) is 30.8 Å². The number of benzene rings is 1. The minimum absolute atomic E-state index is 0.0569. The lowest BCUT2D eigenvalue weighted by atomic mass is 9.85. The maximum atomic E-state index is 13.2. The molecule has 0 radical (unpaired) electrons. The SMILES string of the molecule is Cc1ncsc1-c1ccc([C@H](C)NC(=O)C2C[C@@H](O)CN2C(=O)[C@@H](NC=O)C(C)(C)C)cc1. The molecule has 33 heavy (non-hydrogen) atoms. The van der Waals surface area contributed by atoms with Gasteiger partial charge >= 0.3 is 0 Å². The number of rotatable bonds is 7. The largest absolute Gasteiger partial charge is 0.391 e. The Morgan fingerprint density at radius 2 is 1.94 bits per heavy atom. The molecule has 1 saturated heterocycles. The van der Waals surface area contributed by atoms with E-state index in [0.29, 0.717) is 6.41 Å². The van der Waals surface area contributed by atoms with Gasteiger partial charge in [-0.2, -0.15) is 0 Å². The first-order valence-electron chi connectivity index (χ1n) is 11.0. The van der Waals surface area contributed by atoms with E-state index in [1.807, 2.05) is 64.4 Å². The molecule has 1 unspecified atom stereocenters. The molecule has 178 valence electrons. The smallest absolute Gasteiger partial charge is 0.246 e. The van der Waals surface area contributed by atoms with Gasteiger partial charge in [0.05, 0.1) is 28.2 Å². The third kappa shape index (κ3) is 5.59. The highest BCUT2D eigenvalue weighted by Crippen LogP contribution is 2.29. The number of aliphatic hydroxyl groups is 1. The molecule has 1 aromatic carbocycles. The summed E-state index contributed by atoms with van der Waals surface area (Å²) >= 11 is 1.59. The number of nitrogens with one attached hydrogen (secondary N) is 2. The quantitative estimate of drug-likeness (QED) is 0.536. The molecule has 0 saturated carbocycles. The second-order valence-corrected chi connectivity index (χ2v) is 10.5. The summed E-state index contributed by atoms with van der Waals surface area (Å²) in [5.41, 5.74) is 4.26. The number of amides is 3. The minimum Gasteiger partial charge on any atom is -0.391 e. The van der Waals surface area contributed by atoms with Crippen molar-refractivity contribution in [3.63, 3.8) is 0 Å². The van der Waals surface area contributed by atoms with Gasteiger partial charge in [0, 0.05) is 13.0 Å². The van der Waals surface area contributed by atoms with Gasteiger partial charge in [-0.25, -0.2) is 4.98 Å². The van der Waals surface area contributed by atoms with Gasteiger partial charge in [-0.1, -0.05) is 45.0 Å². The molecule has 1 aromatic heterocycles. The molecule has 2 heterocycles. The number of carbonyl (C=O) groups is 3. The van der Waals surface area contributed by atoms with E-state index in [9.17, 15) is 19.5 Å². The molecule has 8 nitrogen and oxygen atoms in total. The van der Waals surface area contributed by atoms with Crippen LogP contribution in [-0.2, 0) is 14.4 Å². The summed E-state index contributed by atoms with van der Waals surface area (Å²) in [6.45, 7) is 9.43. The number of aliphatic hydroxyl groups excluding tert-OH is 1. The number of β-amino-alcohol motifs (C(OH)–C–C–N with tert-alkyl or cyclic N) is 1. The Balaban J connectivity index is 1.71. The van der Waals surface area contributed by atoms with E-state index in [0.717, 1.165) is 21.7 Å². The van der Waals surface area contributed by atoms with Crippen molar-refractivity contribution in [2.45, 2.75) is 65.3 Å². The number of carbonyl (C=O) groups excluding carboxylic acids is 3. The van der Waals surface area contributed by atoms with Gasteiger partial charge in [0.25, 0.3) is 0 Å². The van der Waals surface area contributed by atoms with Gasteiger partial charge < -0.3 is 20.6 Å².